The highest BCUT2D eigenvalue weighted by Crippen LogP contribution is 2.38. The first kappa shape index (κ1) is 43.9. The van der Waals surface area contributed by atoms with Crippen LogP contribution in [0.15, 0.2) is 23.7 Å². The predicted octanol–water partition coefficient (Wildman–Crippen LogP) is 7.69. The van der Waals surface area contributed by atoms with E-state index < -0.39 is 63.0 Å². The maximum absolute atomic E-state index is 13.9. The zero-order valence-electron chi connectivity index (χ0n) is 24.1. The second kappa shape index (κ2) is 18.0. The topological polar surface area (TPSA) is 131 Å². The molecule has 4 atom stereocenters. The number of hydrogen-bond acceptors (Lipinski definition) is 8. The Balaban J connectivity index is 2.36. The maximum Gasteiger partial charge on any atom is 0.257 e. The Hall–Kier alpha value is 0.760. The lowest BCUT2D eigenvalue weighted by atomic mass is 10.1. The molecule has 4 unspecified atom stereocenters. The summed E-state index contributed by atoms with van der Waals surface area (Å²) in [7, 11) is 1.31. The molecule has 0 aromatic rings. The number of hydrogen-bond donors (Lipinski definition) is 2. The van der Waals surface area contributed by atoms with Crippen LogP contribution in [0, 0.1) is 0 Å². The van der Waals surface area contributed by atoms with Gasteiger partial charge in [-0.2, -0.15) is 0 Å². The van der Waals surface area contributed by atoms with Crippen LogP contribution in [0.3, 0.4) is 0 Å². The molecule has 47 heavy (non-hydrogen) atoms. The van der Waals surface area contributed by atoms with Crippen LogP contribution < -0.4 is 11.2 Å². The van der Waals surface area contributed by atoms with E-state index in [0.717, 1.165) is 22.0 Å². The van der Waals surface area contributed by atoms with Gasteiger partial charge in [-0.3, -0.25) is 29.0 Å². The number of ether oxygens (including phenoxy) is 1. The second-order valence-corrected chi connectivity index (χ2v) is 20.5. The van der Waals surface area contributed by atoms with Gasteiger partial charge in [0.1, 0.15) is 17.8 Å². The van der Waals surface area contributed by atoms with Gasteiger partial charge in [0, 0.05) is 12.2 Å². The summed E-state index contributed by atoms with van der Waals surface area (Å²) in [5.74, 6) is -3.19. The van der Waals surface area contributed by atoms with Crippen molar-refractivity contribution in [2.45, 2.75) is 90.7 Å². The average Bonchev–Trinajstić information content (AvgIpc) is 3.41. The van der Waals surface area contributed by atoms with Gasteiger partial charge in [-0.25, -0.2) is 0 Å². The second-order valence-electron chi connectivity index (χ2n) is 10.4. The van der Waals surface area contributed by atoms with Crippen LogP contribution in [0.5, 0.6) is 0 Å². The zero-order chi connectivity index (χ0) is 36.1. The molecule has 2 rings (SSSR count). The summed E-state index contributed by atoms with van der Waals surface area (Å²) < 4.78 is -1.66. The van der Waals surface area contributed by atoms with Crippen molar-refractivity contribution in [1.82, 2.24) is 15.3 Å². The molecule has 3 N–H and O–H groups in total. The average molecular weight is 906 g/mol. The third-order valence-electron chi connectivity index (χ3n) is 6.79. The number of nitrogens with one attached hydrogen (secondary N) is 1. The third kappa shape index (κ3) is 14.7. The van der Waals surface area contributed by atoms with Gasteiger partial charge < -0.3 is 15.3 Å². The number of halogens is 12. The van der Waals surface area contributed by atoms with E-state index in [2.05, 4.69) is 5.48 Å². The molecular formula is C25H28Cl12N4O6. The van der Waals surface area contributed by atoms with Crippen molar-refractivity contribution < 1.29 is 28.8 Å². The quantitative estimate of drug-likeness (QED) is 0.134. The monoisotopic (exact) mass is 900 g/mol. The van der Waals surface area contributed by atoms with Crippen LogP contribution in [0.4, 0.5) is 0 Å². The summed E-state index contributed by atoms with van der Waals surface area (Å²) in [6, 6.07) is -4.71. The van der Waals surface area contributed by atoms with Gasteiger partial charge in [-0.05, 0) is 51.4 Å². The number of nitrogens with zero attached hydrogens (tertiary/aromatic N) is 2. The Bertz CT molecular complexity index is 1230. The first-order chi connectivity index (χ1) is 21.3. The molecule has 0 aromatic carbocycles. The zero-order valence-corrected chi connectivity index (χ0v) is 33.1. The summed E-state index contributed by atoms with van der Waals surface area (Å²) >= 11 is 70.8. The molecule has 0 radical (unpaired) electrons. The van der Waals surface area contributed by atoms with Crippen LogP contribution in [0.2, 0.25) is 0 Å². The molecular weight excluding hydrogens is 878 g/mol. The Morgan fingerprint density at radius 2 is 1.13 bits per heavy atom. The number of rotatable bonds is 14. The van der Waals surface area contributed by atoms with Gasteiger partial charge in [0.15, 0.2) is 20.9 Å². The molecule has 0 aromatic heterocycles. The van der Waals surface area contributed by atoms with E-state index in [1.165, 1.54) is 7.11 Å². The lowest BCUT2D eigenvalue weighted by Gasteiger charge is -2.31. The van der Waals surface area contributed by atoms with E-state index in [1.807, 2.05) is 0 Å². The van der Waals surface area contributed by atoms with Gasteiger partial charge in [0.05, 0.1) is 19.2 Å². The van der Waals surface area contributed by atoms with Crippen molar-refractivity contribution in [3.63, 3.8) is 0 Å². The van der Waals surface area contributed by atoms with Crippen molar-refractivity contribution >= 4 is 163 Å². The molecule has 22 heteroatoms. The lowest BCUT2D eigenvalue weighted by molar-refractivity contribution is -0.149. The molecule has 0 fully saturated rings. The summed E-state index contributed by atoms with van der Waals surface area (Å²) in [6.45, 7) is 0. The highest BCUT2D eigenvalue weighted by Gasteiger charge is 2.45. The number of carbonyl (C=O) groups is 4. The summed E-state index contributed by atoms with van der Waals surface area (Å²) in [5, 5.41) is 0. The number of carbonyl (C=O) groups excluding carboxylic acids is 4. The van der Waals surface area contributed by atoms with Gasteiger partial charge in [-0.1, -0.05) is 139 Å². The number of methoxy groups -OCH3 is 1. The molecule has 2 heterocycles. The normalized spacial score (nSPS) is 20.7. The van der Waals surface area contributed by atoms with Crippen LogP contribution in [-0.4, -0.2) is 79.9 Å². The highest BCUT2D eigenvalue weighted by molar-refractivity contribution is 6.68. The third-order valence-corrected chi connectivity index (χ3v) is 9.06. The first-order valence-electron chi connectivity index (χ1n) is 13.5. The predicted molar refractivity (Wildman–Crippen MR) is 189 cm³/mol. The fourth-order valence-corrected chi connectivity index (χ4v) is 5.88. The van der Waals surface area contributed by atoms with Gasteiger partial charge >= 0.3 is 0 Å². The summed E-state index contributed by atoms with van der Waals surface area (Å²) in [6.07, 6.45) is 1.30. The van der Waals surface area contributed by atoms with Gasteiger partial charge in [-0.15, -0.1) is 5.48 Å². The van der Waals surface area contributed by atoms with Crippen molar-refractivity contribution in [3.8, 4) is 0 Å². The Kier molecular flexibility index (Phi) is 16.8. The molecule has 4 amide bonds. The lowest BCUT2D eigenvalue weighted by Crippen LogP contribution is -2.52. The molecule has 2 aliphatic rings. The Morgan fingerprint density at radius 3 is 1.57 bits per heavy atom. The van der Waals surface area contributed by atoms with Crippen molar-refractivity contribution in [2.75, 3.05) is 7.11 Å². The van der Waals surface area contributed by atoms with Crippen LogP contribution >= 0.6 is 139 Å². The molecule has 0 bridgehead atoms. The van der Waals surface area contributed by atoms with E-state index in [4.69, 9.17) is 155 Å². The first-order valence-corrected chi connectivity index (χ1v) is 18.0. The minimum absolute atomic E-state index is 0.0278. The standard InChI is InChI=1S/C25H28Cl12N4O6/c1-46-16-10-18(42)41(14(16)4-8-24(32,33)34)21(45)13(3-7-23(29,30)31)39-47-17-11-19(43)40(15(17)5-9-25(35,36)37)20(44)12(38)2-6-22(26,27)28/h10-15,39H,2-9,38H2,1H3. The molecule has 0 spiro atoms. The number of alkyl halides is 12. The molecule has 0 aliphatic carbocycles. The maximum atomic E-state index is 13.9. The number of imide groups is 2. The number of nitrogens with two attached hydrogens (primary N) is 1. The SMILES string of the molecule is COC1=CC(=O)N(C(=O)C(CCC(Cl)(Cl)Cl)NOC2=CC(=O)N(C(=O)C(N)CCC(Cl)(Cl)Cl)C2CCC(Cl)(Cl)Cl)C1CCC(Cl)(Cl)Cl. The smallest absolute Gasteiger partial charge is 0.257 e. The van der Waals surface area contributed by atoms with E-state index in [0.29, 0.717) is 0 Å². The molecule has 0 saturated carbocycles. The van der Waals surface area contributed by atoms with E-state index in [1.54, 1.807) is 0 Å². The van der Waals surface area contributed by atoms with E-state index in [-0.39, 0.29) is 62.9 Å². The van der Waals surface area contributed by atoms with Crippen molar-refractivity contribution in [1.29, 1.82) is 0 Å². The Labute approximate surface area is 331 Å². The summed E-state index contributed by atoms with van der Waals surface area (Å²) in [4.78, 5) is 60.7. The number of amides is 4. The van der Waals surface area contributed by atoms with E-state index >= 15 is 0 Å². The minimum atomic E-state index is -1.80. The van der Waals surface area contributed by atoms with E-state index in [9.17, 15) is 19.2 Å². The number of hydroxylamine groups is 1. The molecule has 0 saturated heterocycles. The van der Waals surface area contributed by atoms with Crippen LogP contribution in [0.1, 0.15) is 51.4 Å². The molecule has 10 nitrogen and oxygen atoms in total. The minimum Gasteiger partial charge on any atom is -0.499 e. The Morgan fingerprint density at radius 1 is 0.723 bits per heavy atom. The fraction of sp³-hybridized carbons (Fsp3) is 0.680. The molecule has 268 valence electrons. The van der Waals surface area contributed by atoms with Crippen LogP contribution in [-0.2, 0) is 28.8 Å². The fourth-order valence-electron chi connectivity index (χ4n) is 4.57. The largest absolute Gasteiger partial charge is 0.499 e. The van der Waals surface area contributed by atoms with Crippen LogP contribution in [0.25, 0.3) is 0 Å². The van der Waals surface area contributed by atoms with Crippen molar-refractivity contribution in [2.24, 2.45) is 5.73 Å². The highest BCUT2D eigenvalue weighted by atomic mass is 35.6. The van der Waals surface area contributed by atoms with Crippen molar-refractivity contribution in [3.05, 3.63) is 23.7 Å². The summed E-state index contributed by atoms with van der Waals surface area (Å²) in [5.41, 5.74) is 8.57. The molecule has 2 aliphatic heterocycles. The van der Waals surface area contributed by atoms with Gasteiger partial charge in [0.25, 0.3) is 17.7 Å². The van der Waals surface area contributed by atoms with Gasteiger partial charge in [0.2, 0.25) is 5.91 Å².